The highest BCUT2D eigenvalue weighted by atomic mass is 79.9. The number of hydrogen-bond donors (Lipinski definition) is 0. The van der Waals surface area contributed by atoms with E-state index in [1.54, 1.807) is 4.90 Å². The number of nitrogens with zero attached hydrogens (tertiary/aromatic N) is 1. The predicted octanol–water partition coefficient (Wildman–Crippen LogP) is 2.28. The normalized spacial score (nSPS) is 11.4. The second kappa shape index (κ2) is 4.85. The molecule has 2 nitrogen and oxygen atoms in total. The van der Waals surface area contributed by atoms with Crippen molar-refractivity contribution < 1.29 is 4.79 Å². The first-order chi connectivity index (χ1) is 5.37. The Balaban J connectivity index is 3.87. The summed E-state index contributed by atoms with van der Waals surface area (Å²) in [5.41, 5.74) is 0.0949. The van der Waals surface area contributed by atoms with Crippen molar-refractivity contribution in [1.29, 1.82) is 0 Å². The maximum Gasteiger partial charge on any atom is 0.222 e. The van der Waals surface area contributed by atoms with E-state index in [1.165, 1.54) is 0 Å². The summed E-state index contributed by atoms with van der Waals surface area (Å²) >= 11 is 3.30. The van der Waals surface area contributed by atoms with E-state index in [1.807, 2.05) is 7.05 Å². The van der Waals surface area contributed by atoms with Gasteiger partial charge in [-0.15, -0.1) is 0 Å². The van der Waals surface area contributed by atoms with Crippen molar-refractivity contribution in [3.63, 3.8) is 0 Å². The zero-order valence-corrected chi connectivity index (χ0v) is 9.94. The number of amides is 1. The summed E-state index contributed by atoms with van der Waals surface area (Å²) in [6, 6.07) is 0. The molecule has 0 rings (SSSR count). The highest BCUT2D eigenvalue weighted by molar-refractivity contribution is 9.09. The fraction of sp³-hybridized carbons (Fsp3) is 0.889. The minimum atomic E-state index is 0.0949. The Hall–Kier alpha value is -0.0500. The quantitative estimate of drug-likeness (QED) is 0.688. The molecule has 3 heteroatoms. The van der Waals surface area contributed by atoms with Gasteiger partial charge in [0, 0.05) is 25.3 Å². The Bertz CT molecular complexity index is 151. The van der Waals surface area contributed by atoms with Gasteiger partial charge < -0.3 is 4.90 Å². The second-order valence-corrected chi connectivity index (χ2v) is 5.03. The molecule has 0 N–H and O–H groups in total. The molecule has 0 aliphatic heterocycles. The molecule has 0 fully saturated rings. The van der Waals surface area contributed by atoms with Crippen LogP contribution in [0, 0.1) is 5.41 Å². The lowest BCUT2D eigenvalue weighted by Gasteiger charge is -2.22. The summed E-state index contributed by atoms with van der Waals surface area (Å²) in [6.07, 6.45) is 0.622. The molecule has 0 aliphatic carbocycles. The lowest BCUT2D eigenvalue weighted by Crippen LogP contribution is -2.31. The van der Waals surface area contributed by atoms with Crippen molar-refractivity contribution in [2.45, 2.75) is 27.2 Å². The van der Waals surface area contributed by atoms with Gasteiger partial charge in [-0.1, -0.05) is 36.7 Å². The fourth-order valence-corrected chi connectivity index (χ4v) is 1.37. The van der Waals surface area contributed by atoms with E-state index in [2.05, 4.69) is 36.7 Å². The molecule has 12 heavy (non-hydrogen) atoms. The maximum absolute atomic E-state index is 11.5. The van der Waals surface area contributed by atoms with Gasteiger partial charge in [-0.2, -0.15) is 0 Å². The molecule has 0 spiro atoms. The monoisotopic (exact) mass is 235 g/mol. The first-order valence-electron chi connectivity index (χ1n) is 4.17. The van der Waals surface area contributed by atoms with Gasteiger partial charge in [0.05, 0.1) is 0 Å². The fourth-order valence-electron chi connectivity index (χ4n) is 0.840. The van der Waals surface area contributed by atoms with Gasteiger partial charge in [0.2, 0.25) is 5.91 Å². The number of carbonyl (C=O) groups is 1. The zero-order chi connectivity index (χ0) is 9.78. The summed E-state index contributed by atoms with van der Waals surface area (Å²) < 4.78 is 0. The molecule has 0 bridgehead atoms. The largest absolute Gasteiger partial charge is 0.345 e. The minimum Gasteiger partial charge on any atom is -0.345 e. The summed E-state index contributed by atoms with van der Waals surface area (Å²) in [6.45, 7) is 7.02. The van der Waals surface area contributed by atoms with Crippen LogP contribution in [-0.4, -0.2) is 29.7 Å². The van der Waals surface area contributed by atoms with E-state index in [-0.39, 0.29) is 11.3 Å². The molecule has 0 aliphatic rings. The van der Waals surface area contributed by atoms with Crippen molar-refractivity contribution in [1.82, 2.24) is 4.90 Å². The number of hydrogen-bond acceptors (Lipinski definition) is 1. The van der Waals surface area contributed by atoms with Crippen LogP contribution in [0.4, 0.5) is 0 Å². The lowest BCUT2D eigenvalue weighted by atomic mass is 9.92. The summed E-state index contributed by atoms with van der Waals surface area (Å²) in [7, 11) is 1.84. The molecule has 0 radical (unpaired) electrons. The third kappa shape index (κ3) is 5.58. The Morgan fingerprint density at radius 3 is 2.25 bits per heavy atom. The van der Waals surface area contributed by atoms with Gasteiger partial charge in [-0.3, -0.25) is 4.79 Å². The first-order valence-corrected chi connectivity index (χ1v) is 5.29. The number of alkyl halides is 1. The van der Waals surface area contributed by atoms with Crippen LogP contribution in [0.15, 0.2) is 0 Å². The van der Waals surface area contributed by atoms with E-state index < -0.39 is 0 Å². The topological polar surface area (TPSA) is 20.3 Å². The molecule has 0 heterocycles. The van der Waals surface area contributed by atoms with Crippen LogP contribution in [0.5, 0.6) is 0 Å². The molecule has 0 aromatic heterocycles. The van der Waals surface area contributed by atoms with Crippen LogP contribution in [0.1, 0.15) is 27.2 Å². The van der Waals surface area contributed by atoms with Gasteiger partial charge in [0.15, 0.2) is 0 Å². The summed E-state index contributed by atoms with van der Waals surface area (Å²) in [5.74, 6) is 0.224. The third-order valence-corrected chi connectivity index (χ3v) is 1.88. The van der Waals surface area contributed by atoms with Crippen molar-refractivity contribution in [2.24, 2.45) is 5.41 Å². The molecule has 0 saturated carbocycles. The van der Waals surface area contributed by atoms with Crippen LogP contribution in [0.3, 0.4) is 0 Å². The van der Waals surface area contributed by atoms with Crippen LogP contribution in [0.25, 0.3) is 0 Å². The van der Waals surface area contributed by atoms with Crippen LogP contribution in [0.2, 0.25) is 0 Å². The summed E-state index contributed by atoms with van der Waals surface area (Å²) in [5, 5.41) is 0.847. The van der Waals surface area contributed by atoms with Gasteiger partial charge in [0.25, 0.3) is 0 Å². The first kappa shape index (κ1) is 11.9. The number of carbonyl (C=O) groups excluding carboxylic acids is 1. The highest BCUT2D eigenvalue weighted by Gasteiger charge is 2.18. The molecule has 0 saturated heterocycles. The SMILES string of the molecule is CN(CCBr)C(=O)CC(C)(C)C. The standard InChI is InChI=1S/C9H18BrNO/c1-9(2,3)7-8(12)11(4)6-5-10/h5-7H2,1-4H3. The second-order valence-electron chi connectivity index (χ2n) is 4.24. The maximum atomic E-state index is 11.5. The smallest absolute Gasteiger partial charge is 0.222 e. The van der Waals surface area contributed by atoms with Crippen LogP contribution < -0.4 is 0 Å². The Kier molecular flexibility index (Phi) is 4.83. The molecule has 0 aromatic rings. The van der Waals surface area contributed by atoms with E-state index in [0.29, 0.717) is 6.42 Å². The molecule has 0 atom stereocenters. The average molecular weight is 236 g/mol. The third-order valence-electron chi connectivity index (χ3n) is 1.53. The van der Waals surface area contributed by atoms with E-state index in [0.717, 1.165) is 11.9 Å². The number of rotatable bonds is 3. The minimum absolute atomic E-state index is 0.0949. The van der Waals surface area contributed by atoms with Crippen molar-refractivity contribution >= 4 is 21.8 Å². The predicted molar refractivity (Wildman–Crippen MR) is 55.5 cm³/mol. The van der Waals surface area contributed by atoms with Crippen molar-refractivity contribution in [3.05, 3.63) is 0 Å². The molecule has 72 valence electrons. The average Bonchev–Trinajstić information content (AvgIpc) is 1.84. The number of halogens is 1. The van der Waals surface area contributed by atoms with Gasteiger partial charge >= 0.3 is 0 Å². The van der Waals surface area contributed by atoms with E-state index in [9.17, 15) is 4.79 Å². The summed E-state index contributed by atoms with van der Waals surface area (Å²) in [4.78, 5) is 13.2. The Morgan fingerprint density at radius 1 is 1.42 bits per heavy atom. The Labute approximate surface area is 83.4 Å². The van der Waals surface area contributed by atoms with Gasteiger partial charge in [0.1, 0.15) is 0 Å². The molecular weight excluding hydrogens is 218 g/mol. The zero-order valence-electron chi connectivity index (χ0n) is 8.35. The Morgan fingerprint density at radius 2 is 1.92 bits per heavy atom. The molecular formula is C9H18BrNO. The molecule has 0 aromatic carbocycles. The molecule has 1 amide bonds. The van der Waals surface area contributed by atoms with Crippen LogP contribution >= 0.6 is 15.9 Å². The lowest BCUT2D eigenvalue weighted by molar-refractivity contribution is -0.131. The van der Waals surface area contributed by atoms with E-state index in [4.69, 9.17) is 0 Å². The highest BCUT2D eigenvalue weighted by Crippen LogP contribution is 2.19. The van der Waals surface area contributed by atoms with Crippen molar-refractivity contribution in [3.8, 4) is 0 Å². The van der Waals surface area contributed by atoms with Gasteiger partial charge in [-0.05, 0) is 5.41 Å². The van der Waals surface area contributed by atoms with Crippen LogP contribution in [-0.2, 0) is 4.79 Å². The van der Waals surface area contributed by atoms with Crippen molar-refractivity contribution in [2.75, 3.05) is 18.9 Å². The van der Waals surface area contributed by atoms with Gasteiger partial charge in [-0.25, -0.2) is 0 Å². The van der Waals surface area contributed by atoms with E-state index >= 15 is 0 Å². The molecule has 0 unspecified atom stereocenters.